The van der Waals surface area contributed by atoms with Crippen molar-refractivity contribution in [3.05, 3.63) is 0 Å². The fourth-order valence-electron chi connectivity index (χ4n) is 3.57. The Hall–Kier alpha value is -0.0800. The zero-order valence-corrected chi connectivity index (χ0v) is 13.8. The van der Waals surface area contributed by atoms with Crippen LogP contribution in [-0.4, -0.2) is 23.4 Å². The first kappa shape index (κ1) is 18.0. The predicted octanol–water partition coefficient (Wildman–Crippen LogP) is 5.23. The Labute approximate surface area is 126 Å². The number of ether oxygens (including phenoxy) is 1. The van der Waals surface area contributed by atoms with E-state index in [0.29, 0.717) is 0 Å². The molecule has 0 aliphatic heterocycles. The Morgan fingerprint density at radius 2 is 1.50 bits per heavy atom. The minimum absolute atomic E-state index is 0.228. The van der Waals surface area contributed by atoms with Crippen molar-refractivity contribution in [3.8, 4) is 0 Å². The maximum absolute atomic E-state index is 10.7. The summed E-state index contributed by atoms with van der Waals surface area (Å²) in [5.41, 5.74) is -0.228. The summed E-state index contributed by atoms with van der Waals surface area (Å²) in [5, 5.41) is 10.7. The Morgan fingerprint density at radius 1 is 0.900 bits per heavy atom. The average molecular weight is 284 g/mol. The van der Waals surface area contributed by atoms with Gasteiger partial charge in [0.25, 0.3) is 0 Å². The smallest absolute Gasteiger partial charge is 0.0939 e. The lowest BCUT2D eigenvalue weighted by Gasteiger charge is -2.37. The number of hydrogen-bond acceptors (Lipinski definition) is 2. The first-order valence-electron chi connectivity index (χ1n) is 9.07. The average Bonchev–Trinajstić information content (AvgIpc) is 2.69. The van der Waals surface area contributed by atoms with Crippen molar-refractivity contribution in [1.82, 2.24) is 0 Å². The van der Waals surface area contributed by atoms with Crippen molar-refractivity contribution >= 4 is 0 Å². The van der Waals surface area contributed by atoms with E-state index in [0.717, 1.165) is 32.3 Å². The van der Waals surface area contributed by atoms with E-state index in [-0.39, 0.29) is 11.7 Å². The molecule has 2 heteroatoms. The summed E-state index contributed by atoms with van der Waals surface area (Å²) in [5.74, 6) is 0. The molecule has 2 nitrogen and oxygen atoms in total. The van der Waals surface area contributed by atoms with Crippen LogP contribution >= 0.6 is 0 Å². The van der Waals surface area contributed by atoms with E-state index in [2.05, 4.69) is 13.8 Å². The van der Waals surface area contributed by atoms with Crippen LogP contribution in [0.2, 0.25) is 0 Å². The van der Waals surface area contributed by atoms with Crippen LogP contribution in [0.3, 0.4) is 0 Å². The standard InChI is InChI=1S/C18H36O2/c1-3-5-6-7-8-11-14-17(19)18(20-4-2)15-12-9-10-13-16-18/h17,19H,3-16H2,1-2H3. The molecule has 0 aromatic carbocycles. The third kappa shape index (κ3) is 6.13. The quantitative estimate of drug-likeness (QED) is 0.440. The fraction of sp³-hybridized carbons (Fsp3) is 1.00. The van der Waals surface area contributed by atoms with Crippen LogP contribution in [0.4, 0.5) is 0 Å². The molecule has 1 saturated carbocycles. The molecule has 1 aliphatic carbocycles. The van der Waals surface area contributed by atoms with Gasteiger partial charge in [-0.05, 0) is 26.2 Å². The summed E-state index contributed by atoms with van der Waals surface area (Å²) in [6.07, 6.45) is 15.6. The largest absolute Gasteiger partial charge is 0.390 e. The zero-order valence-electron chi connectivity index (χ0n) is 13.8. The maximum atomic E-state index is 10.7. The van der Waals surface area contributed by atoms with Crippen LogP contribution in [0.1, 0.15) is 97.3 Å². The van der Waals surface area contributed by atoms with Gasteiger partial charge in [0.15, 0.2) is 0 Å². The minimum Gasteiger partial charge on any atom is -0.390 e. The van der Waals surface area contributed by atoms with Gasteiger partial charge in [0.05, 0.1) is 11.7 Å². The van der Waals surface area contributed by atoms with Crippen LogP contribution in [0.5, 0.6) is 0 Å². The third-order valence-electron chi connectivity index (χ3n) is 4.82. The van der Waals surface area contributed by atoms with E-state index in [4.69, 9.17) is 4.74 Å². The predicted molar refractivity (Wildman–Crippen MR) is 86.1 cm³/mol. The molecule has 0 aromatic heterocycles. The number of hydrogen-bond donors (Lipinski definition) is 1. The Morgan fingerprint density at radius 3 is 2.10 bits per heavy atom. The van der Waals surface area contributed by atoms with Crippen molar-refractivity contribution in [1.29, 1.82) is 0 Å². The molecular formula is C18H36O2. The number of rotatable bonds is 10. The minimum atomic E-state index is -0.258. The fourth-order valence-corrected chi connectivity index (χ4v) is 3.57. The first-order valence-corrected chi connectivity index (χ1v) is 9.07. The summed E-state index contributed by atoms with van der Waals surface area (Å²) >= 11 is 0. The molecule has 0 heterocycles. The summed E-state index contributed by atoms with van der Waals surface area (Å²) in [7, 11) is 0. The molecule has 1 rings (SSSR count). The van der Waals surface area contributed by atoms with E-state index in [9.17, 15) is 5.11 Å². The lowest BCUT2D eigenvalue weighted by molar-refractivity contribution is -0.131. The molecule has 0 saturated heterocycles. The Balaban J connectivity index is 2.33. The van der Waals surface area contributed by atoms with Crippen LogP contribution in [-0.2, 0) is 4.74 Å². The molecule has 0 spiro atoms. The summed E-state index contributed by atoms with van der Waals surface area (Å²) in [6, 6.07) is 0. The van der Waals surface area contributed by atoms with Gasteiger partial charge in [0, 0.05) is 6.61 Å². The lowest BCUT2D eigenvalue weighted by atomic mass is 9.85. The highest BCUT2D eigenvalue weighted by molar-refractivity contribution is 4.90. The second-order valence-electron chi connectivity index (χ2n) is 6.48. The van der Waals surface area contributed by atoms with E-state index in [1.54, 1.807) is 0 Å². The molecule has 0 amide bonds. The third-order valence-corrected chi connectivity index (χ3v) is 4.82. The molecule has 1 atom stereocenters. The molecular weight excluding hydrogens is 248 g/mol. The molecule has 1 unspecified atom stereocenters. The summed E-state index contributed by atoms with van der Waals surface area (Å²) in [4.78, 5) is 0. The SMILES string of the molecule is CCCCCCCCC(O)C1(OCC)CCCCCC1. The number of aliphatic hydroxyl groups is 1. The zero-order chi connectivity index (χ0) is 14.7. The molecule has 0 aromatic rings. The maximum Gasteiger partial charge on any atom is 0.0939 e. The Kier molecular flexibility index (Phi) is 9.54. The van der Waals surface area contributed by atoms with Gasteiger partial charge in [-0.15, -0.1) is 0 Å². The normalized spacial score (nSPS) is 20.6. The number of aliphatic hydroxyl groups excluding tert-OH is 1. The van der Waals surface area contributed by atoms with Crippen LogP contribution < -0.4 is 0 Å². The van der Waals surface area contributed by atoms with E-state index in [1.807, 2.05) is 0 Å². The van der Waals surface area contributed by atoms with Gasteiger partial charge in [-0.2, -0.15) is 0 Å². The van der Waals surface area contributed by atoms with E-state index < -0.39 is 0 Å². The number of unbranched alkanes of at least 4 members (excludes halogenated alkanes) is 5. The van der Waals surface area contributed by atoms with E-state index in [1.165, 1.54) is 57.8 Å². The van der Waals surface area contributed by atoms with Crippen molar-refractivity contribution in [2.24, 2.45) is 0 Å². The highest BCUT2D eigenvalue weighted by atomic mass is 16.5. The lowest BCUT2D eigenvalue weighted by Crippen LogP contribution is -2.44. The van der Waals surface area contributed by atoms with Gasteiger partial charge in [0.1, 0.15) is 0 Å². The molecule has 120 valence electrons. The molecule has 1 aliphatic rings. The summed E-state index contributed by atoms with van der Waals surface area (Å²) in [6.45, 7) is 5.04. The topological polar surface area (TPSA) is 29.5 Å². The van der Waals surface area contributed by atoms with Crippen molar-refractivity contribution < 1.29 is 9.84 Å². The van der Waals surface area contributed by atoms with Gasteiger partial charge in [-0.1, -0.05) is 71.1 Å². The van der Waals surface area contributed by atoms with Gasteiger partial charge in [-0.3, -0.25) is 0 Å². The molecule has 1 fully saturated rings. The highest BCUT2D eigenvalue weighted by Gasteiger charge is 2.38. The second kappa shape index (κ2) is 10.6. The van der Waals surface area contributed by atoms with Gasteiger partial charge in [-0.25, -0.2) is 0 Å². The van der Waals surface area contributed by atoms with E-state index >= 15 is 0 Å². The van der Waals surface area contributed by atoms with Gasteiger partial charge in [0.2, 0.25) is 0 Å². The van der Waals surface area contributed by atoms with Crippen molar-refractivity contribution in [2.45, 2.75) is 109 Å². The van der Waals surface area contributed by atoms with Crippen molar-refractivity contribution in [2.75, 3.05) is 6.61 Å². The molecule has 1 N–H and O–H groups in total. The second-order valence-corrected chi connectivity index (χ2v) is 6.48. The first-order chi connectivity index (χ1) is 9.75. The Bertz CT molecular complexity index is 219. The van der Waals surface area contributed by atoms with Crippen LogP contribution in [0, 0.1) is 0 Å². The summed E-state index contributed by atoms with van der Waals surface area (Å²) < 4.78 is 6.06. The van der Waals surface area contributed by atoms with Gasteiger partial charge >= 0.3 is 0 Å². The molecule has 0 radical (unpaired) electrons. The highest BCUT2D eigenvalue weighted by Crippen LogP contribution is 2.35. The monoisotopic (exact) mass is 284 g/mol. The van der Waals surface area contributed by atoms with Crippen LogP contribution in [0.25, 0.3) is 0 Å². The molecule has 20 heavy (non-hydrogen) atoms. The van der Waals surface area contributed by atoms with Crippen molar-refractivity contribution in [3.63, 3.8) is 0 Å². The van der Waals surface area contributed by atoms with Gasteiger partial charge < -0.3 is 9.84 Å². The molecule has 0 bridgehead atoms. The van der Waals surface area contributed by atoms with Crippen LogP contribution in [0.15, 0.2) is 0 Å².